The molecule has 1 aromatic heterocycles. The van der Waals surface area contributed by atoms with Crippen LogP contribution in [0.3, 0.4) is 0 Å². The molecule has 0 amide bonds. The van der Waals surface area contributed by atoms with Gasteiger partial charge in [0, 0.05) is 30.1 Å². The molecule has 43 heavy (non-hydrogen) atoms. The number of carbonyl (C=O) groups excluding carboxylic acids is 2. The van der Waals surface area contributed by atoms with Crippen LogP contribution >= 0.6 is 23.2 Å². The van der Waals surface area contributed by atoms with Gasteiger partial charge in [-0.2, -0.15) is 5.26 Å². The lowest BCUT2D eigenvalue weighted by molar-refractivity contribution is -0.120. The summed E-state index contributed by atoms with van der Waals surface area (Å²) in [5, 5.41) is 14.0. The summed E-state index contributed by atoms with van der Waals surface area (Å²) < 4.78 is 41.8. The molecular weight excluding hydrogens is 599 g/mol. The number of ketones is 1. The highest BCUT2D eigenvalue weighted by Gasteiger charge is 2.61. The Bertz CT molecular complexity index is 1600. The van der Waals surface area contributed by atoms with Crippen LogP contribution in [0.1, 0.15) is 60.3 Å². The number of hydrogen-bond acceptors (Lipinski definition) is 7. The lowest BCUT2D eigenvalue weighted by Crippen LogP contribution is -2.45. The number of rotatable bonds is 8. The van der Waals surface area contributed by atoms with E-state index in [2.05, 4.69) is 16.4 Å². The van der Waals surface area contributed by atoms with Crippen molar-refractivity contribution in [3.8, 4) is 11.8 Å². The lowest BCUT2D eigenvalue weighted by Gasteiger charge is -2.36. The van der Waals surface area contributed by atoms with Gasteiger partial charge < -0.3 is 14.8 Å². The summed E-state index contributed by atoms with van der Waals surface area (Å²) in [6.07, 6.45) is 1.33. The Kier molecular flexibility index (Phi) is 9.45. The van der Waals surface area contributed by atoms with Gasteiger partial charge in [0.2, 0.25) is 0 Å². The number of halogens is 4. The Balaban J connectivity index is 1.93. The van der Waals surface area contributed by atoms with Crippen molar-refractivity contribution < 1.29 is 27.8 Å². The van der Waals surface area contributed by atoms with Crippen LogP contribution in [0.4, 0.5) is 8.78 Å². The number of nitrogens with one attached hydrogen (secondary N) is 1. The first kappa shape index (κ1) is 32.3. The van der Waals surface area contributed by atoms with E-state index in [0.29, 0.717) is 12.0 Å². The van der Waals surface area contributed by atoms with Gasteiger partial charge in [-0.15, -0.1) is 0 Å². The van der Waals surface area contributed by atoms with Gasteiger partial charge in [0.15, 0.2) is 5.78 Å². The molecule has 11 heteroatoms. The molecule has 0 aliphatic carbocycles. The molecule has 3 aromatic rings. The van der Waals surface area contributed by atoms with Gasteiger partial charge in [0.05, 0.1) is 47.6 Å². The molecule has 1 saturated heterocycles. The van der Waals surface area contributed by atoms with E-state index in [1.54, 1.807) is 6.07 Å². The number of methoxy groups -OCH3 is 2. The second-order valence-electron chi connectivity index (χ2n) is 11.7. The van der Waals surface area contributed by atoms with Crippen LogP contribution in [0.2, 0.25) is 10.0 Å². The van der Waals surface area contributed by atoms with Crippen molar-refractivity contribution >= 4 is 35.0 Å². The lowest BCUT2D eigenvalue weighted by atomic mass is 9.64. The van der Waals surface area contributed by atoms with Crippen molar-refractivity contribution in [3.05, 3.63) is 92.7 Å². The van der Waals surface area contributed by atoms with E-state index in [0.717, 1.165) is 6.07 Å². The predicted octanol–water partition coefficient (Wildman–Crippen LogP) is 6.60. The van der Waals surface area contributed by atoms with E-state index in [4.69, 9.17) is 32.7 Å². The summed E-state index contributed by atoms with van der Waals surface area (Å²) in [4.78, 5) is 30.5. The van der Waals surface area contributed by atoms with Gasteiger partial charge in [-0.25, -0.2) is 13.6 Å². The van der Waals surface area contributed by atoms with Gasteiger partial charge in [-0.1, -0.05) is 62.2 Å². The van der Waals surface area contributed by atoms with Gasteiger partial charge in [-0.3, -0.25) is 9.78 Å². The quantitative estimate of drug-likeness (QED) is 0.280. The molecule has 1 aliphatic rings. The van der Waals surface area contributed by atoms with Gasteiger partial charge in [0.1, 0.15) is 22.8 Å². The number of aromatic nitrogens is 1. The molecule has 1 fully saturated rings. The summed E-state index contributed by atoms with van der Waals surface area (Å²) in [6.45, 7) is 5.83. The van der Waals surface area contributed by atoms with Crippen LogP contribution in [0.5, 0.6) is 5.75 Å². The molecule has 4 atom stereocenters. The van der Waals surface area contributed by atoms with Crippen LogP contribution in [0.15, 0.2) is 48.7 Å². The molecule has 2 aromatic carbocycles. The number of ether oxygens (including phenoxy) is 2. The average molecular weight is 631 g/mol. The van der Waals surface area contributed by atoms with Crippen LogP contribution in [-0.2, 0) is 21.4 Å². The third-order valence-corrected chi connectivity index (χ3v) is 8.19. The van der Waals surface area contributed by atoms with Crippen molar-refractivity contribution in [1.29, 1.82) is 5.26 Å². The predicted molar refractivity (Wildman–Crippen MR) is 158 cm³/mol. The van der Waals surface area contributed by atoms with E-state index in [9.17, 15) is 14.9 Å². The first-order valence-corrected chi connectivity index (χ1v) is 14.2. The second kappa shape index (κ2) is 12.6. The fourth-order valence-corrected chi connectivity index (χ4v) is 6.21. The third-order valence-electron chi connectivity index (χ3n) is 7.69. The van der Waals surface area contributed by atoms with Crippen LogP contribution in [-0.4, -0.2) is 43.0 Å². The smallest absolute Gasteiger partial charge is 0.337 e. The highest BCUT2D eigenvalue weighted by Crippen LogP contribution is 2.52. The Morgan fingerprint density at radius 1 is 1.14 bits per heavy atom. The molecule has 0 unspecified atom stereocenters. The van der Waals surface area contributed by atoms with E-state index in [1.165, 1.54) is 50.7 Å². The summed E-state index contributed by atoms with van der Waals surface area (Å²) >= 11 is 12.2. The minimum absolute atomic E-state index is 0.0216. The Morgan fingerprint density at radius 2 is 1.86 bits per heavy atom. The number of hydrogen-bond donors (Lipinski definition) is 1. The molecule has 0 spiro atoms. The molecule has 0 radical (unpaired) electrons. The third kappa shape index (κ3) is 6.23. The standard InChI is InChI=1S/C32H31Cl2F2N3O4/c1-31(2,3)14-25-32(16-37,29-22(35)13-19(33)15-38-29)26(20-7-6-8-21(34)27(20)36)28(39-25)23(40)11-17-9-10-18(30(41)43-5)12-24(17)42-4/h6-10,12-13,15,25-26,28,39H,11,14H2,1-5H3/t25-,26-,28-,32-/m0/s1. The maximum atomic E-state index is 15.8. The number of esters is 1. The molecule has 0 bridgehead atoms. The maximum Gasteiger partial charge on any atom is 0.337 e. The Morgan fingerprint density at radius 3 is 2.47 bits per heavy atom. The van der Waals surface area contributed by atoms with Crippen molar-refractivity contribution in [1.82, 2.24) is 10.3 Å². The maximum absolute atomic E-state index is 15.8. The summed E-state index contributed by atoms with van der Waals surface area (Å²) in [5.41, 5.74) is -1.84. The van der Waals surface area contributed by atoms with Gasteiger partial charge >= 0.3 is 5.97 Å². The number of carbonyl (C=O) groups is 2. The topological polar surface area (TPSA) is 101 Å². The largest absolute Gasteiger partial charge is 0.496 e. The summed E-state index contributed by atoms with van der Waals surface area (Å²) in [5.74, 6) is -3.64. The van der Waals surface area contributed by atoms with Crippen molar-refractivity contribution in [2.75, 3.05) is 14.2 Å². The highest BCUT2D eigenvalue weighted by atomic mass is 35.5. The number of pyridine rings is 1. The number of nitrogens with zero attached hydrogens (tertiary/aromatic N) is 2. The number of benzene rings is 2. The van der Waals surface area contributed by atoms with Crippen LogP contribution in [0, 0.1) is 28.4 Å². The van der Waals surface area contributed by atoms with Crippen molar-refractivity contribution in [2.45, 2.75) is 57.0 Å². The van der Waals surface area contributed by atoms with Gasteiger partial charge in [-0.05, 0) is 41.7 Å². The highest BCUT2D eigenvalue weighted by molar-refractivity contribution is 6.31. The first-order valence-electron chi connectivity index (χ1n) is 13.5. The summed E-state index contributed by atoms with van der Waals surface area (Å²) in [6, 6.07) is 10.2. The fraction of sp³-hybridized carbons (Fsp3) is 0.375. The van der Waals surface area contributed by atoms with Crippen molar-refractivity contribution in [3.63, 3.8) is 0 Å². The second-order valence-corrected chi connectivity index (χ2v) is 12.6. The zero-order valence-electron chi connectivity index (χ0n) is 24.3. The zero-order valence-corrected chi connectivity index (χ0v) is 25.8. The molecule has 1 N–H and O–H groups in total. The normalized spacial score (nSPS) is 21.7. The van der Waals surface area contributed by atoms with E-state index in [-0.39, 0.29) is 39.0 Å². The molecule has 2 heterocycles. The monoisotopic (exact) mass is 629 g/mol. The molecule has 0 saturated carbocycles. The summed E-state index contributed by atoms with van der Waals surface area (Å²) in [7, 11) is 2.65. The number of nitriles is 1. The number of Topliss-reactive ketones (excluding diaryl/α,β-unsaturated/α-hetero) is 1. The van der Waals surface area contributed by atoms with E-state index in [1.807, 2.05) is 20.8 Å². The average Bonchev–Trinajstić information content (AvgIpc) is 3.27. The Labute approximate surface area is 259 Å². The van der Waals surface area contributed by atoms with E-state index < -0.39 is 52.2 Å². The molecule has 1 aliphatic heterocycles. The van der Waals surface area contributed by atoms with Crippen molar-refractivity contribution in [2.24, 2.45) is 5.41 Å². The zero-order chi connectivity index (χ0) is 31.7. The SMILES string of the molecule is COC(=O)c1ccc(CC(=O)[C@@H]2N[C@@H](CC(C)(C)C)[C@](C#N)(c3ncc(Cl)cc3F)[C@H]2c2cccc(Cl)c2F)c(OC)c1. The molecular formula is C32H31Cl2F2N3O4. The first-order chi connectivity index (χ1) is 20.3. The van der Waals surface area contributed by atoms with Crippen LogP contribution in [0.25, 0.3) is 0 Å². The minimum atomic E-state index is -1.84. The fourth-order valence-electron chi connectivity index (χ4n) is 5.89. The molecule has 7 nitrogen and oxygen atoms in total. The molecule has 4 rings (SSSR count). The van der Waals surface area contributed by atoms with E-state index >= 15 is 8.78 Å². The van der Waals surface area contributed by atoms with Crippen LogP contribution < -0.4 is 10.1 Å². The van der Waals surface area contributed by atoms with Gasteiger partial charge in [0.25, 0.3) is 0 Å². The minimum Gasteiger partial charge on any atom is -0.496 e. The molecule has 226 valence electrons. The Hall–Kier alpha value is -3.58.